The lowest BCUT2D eigenvalue weighted by molar-refractivity contribution is 0.0846. The molecule has 1 aromatic heterocycles. The van der Waals surface area contributed by atoms with Crippen molar-refractivity contribution in [2.45, 2.75) is 0 Å². The number of nitrogens with one attached hydrogen (secondary N) is 3. The van der Waals surface area contributed by atoms with E-state index in [2.05, 4.69) is 16.2 Å². The fraction of sp³-hybridized carbons (Fsp3) is 0. The molecule has 0 spiro atoms. The second-order valence-electron chi connectivity index (χ2n) is 5.43. The first-order chi connectivity index (χ1) is 13.0. The van der Waals surface area contributed by atoms with Gasteiger partial charge in [0.25, 0.3) is 17.7 Å². The van der Waals surface area contributed by atoms with Crippen LogP contribution < -0.4 is 16.2 Å². The highest BCUT2D eigenvalue weighted by atomic mass is 35.5. The fourth-order valence-corrected chi connectivity index (χ4v) is 2.32. The third kappa shape index (κ3) is 4.74. The molecule has 0 bridgehead atoms. The molecule has 3 rings (SSSR count). The van der Waals surface area contributed by atoms with E-state index in [9.17, 15) is 14.4 Å². The van der Waals surface area contributed by atoms with Crippen LogP contribution in [0.5, 0.6) is 0 Å². The maximum Gasteiger partial charge on any atom is 0.291 e. The molecule has 7 nitrogen and oxygen atoms in total. The summed E-state index contributed by atoms with van der Waals surface area (Å²) < 4.78 is 5.01. The van der Waals surface area contributed by atoms with Gasteiger partial charge in [0, 0.05) is 21.8 Å². The minimum Gasteiger partial charge on any atom is -0.459 e. The summed E-state index contributed by atoms with van der Waals surface area (Å²) in [5.41, 5.74) is 5.64. The monoisotopic (exact) mass is 383 g/mol. The van der Waals surface area contributed by atoms with E-state index in [0.717, 1.165) is 0 Å². The number of benzene rings is 2. The number of hydrazine groups is 1. The molecule has 3 N–H and O–H groups in total. The number of anilines is 1. The van der Waals surface area contributed by atoms with Crippen molar-refractivity contribution < 1.29 is 18.8 Å². The Hall–Kier alpha value is -3.58. The van der Waals surface area contributed by atoms with Crippen molar-refractivity contribution in [2.75, 3.05) is 5.32 Å². The van der Waals surface area contributed by atoms with Crippen molar-refractivity contribution in [3.05, 3.63) is 88.8 Å². The van der Waals surface area contributed by atoms with Crippen LogP contribution in [0.1, 0.15) is 31.3 Å². The molecule has 3 aromatic rings. The predicted molar refractivity (Wildman–Crippen MR) is 99.5 cm³/mol. The molecule has 0 saturated carbocycles. The van der Waals surface area contributed by atoms with Crippen molar-refractivity contribution in [3.63, 3.8) is 0 Å². The van der Waals surface area contributed by atoms with E-state index in [-0.39, 0.29) is 11.3 Å². The van der Waals surface area contributed by atoms with Gasteiger partial charge in [-0.3, -0.25) is 25.2 Å². The molecular weight excluding hydrogens is 370 g/mol. The van der Waals surface area contributed by atoms with Crippen LogP contribution in [0.15, 0.2) is 71.3 Å². The minimum absolute atomic E-state index is 0.153. The molecule has 1 heterocycles. The molecule has 2 aromatic carbocycles. The Labute approximate surface area is 159 Å². The smallest absolute Gasteiger partial charge is 0.291 e. The van der Waals surface area contributed by atoms with Crippen LogP contribution in [-0.2, 0) is 0 Å². The van der Waals surface area contributed by atoms with Crippen LogP contribution in [0, 0.1) is 0 Å². The number of carbonyl (C=O) groups is 3. The third-order valence-corrected chi connectivity index (χ3v) is 3.78. The summed E-state index contributed by atoms with van der Waals surface area (Å²) in [6, 6.07) is 15.6. The second-order valence-corrected chi connectivity index (χ2v) is 5.86. The standard InChI is InChI=1S/C19H14ClN3O4/c20-14-8-6-12(7-9-14)17(24)22-23-18(25)13-3-1-4-15(11-13)21-19(26)16-5-2-10-27-16/h1-11H,(H,21,26)(H,22,24)(H,23,25). The first-order valence-corrected chi connectivity index (χ1v) is 8.22. The number of hydrogen-bond acceptors (Lipinski definition) is 4. The summed E-state index contributed by atoms with van der Waals surface area (Å²) in [6.45, 7) is 0. The molecule has 0 radical (unpaired) electrons. The predicted octanol–water partition coefficient (Wildman–Crippen LogP) is 3.26. The maximum absolute atomic E-state index is 12.2. The number of amides is 3. The van der Waals surface area contributed by atoms with Gasteiger partial charge in [-0.25, -0.2) is 0 Å². The minimum atomic E-state index is -0.536. The van der Waals surface area contributed by atoms with Crippen molar-refractivity contribution >= 4 is 35.0 Å². The number of furan rings is 1. The molecule has 3 amide bonds. The zero-order valence-corrected chi connectivity index (χ0v) is 14.6. The summed E-state index contributed by atoms with van der Waals surface area (Å²) in [7, 11) is 0. The van der Waals surface area contributed by atoms with Gasteiger partial charge in [0.2, 0.25) is 0 Å². The van der Waals surface area contributed by atoms with Crippen LogP contribution in [0.3, 0.4) is 0 Å². The molecule has 0 fully saturated rings. The first-order valence-electron chi connectivity index (χ1n) is 7.84. The molecule has 0 saturated heterocycles. The summed E-state index contributed by atoms with van der Waals surface area (Å²) in [6.07, 6.45) is 1.39. The van der Waals surface area contributed by atoms with E-state index < -0.39 is 17.7 Å². The van der Waals surface area contributed by atoms with Crippen LogP contribution in [0.4, 0.5) is 5.69 Å². The van der Waals surface area contributed by atoms with Gasteiger partial charge < -0.3 is 9.73 Å². The molecule has 136 valence electrons. The van der Waals surface area contributed by atoms with E-state index >= 15 is 0 Å². The summed E-state index contributed by atoms with van der Waals surface area (Å²) in [4.78, 5) is 36.2. The highest BCUT2D eigenvalue weighted by molar-refractivity contribution is 6.30. The van der Waals surface area contributed by atoms with Crippen molar-refractivity contribution in [1.82, 2.24) is 10.9 Å². The Morgan fingerprint density at radius 1 is 0.778 bits per heavy atom. The van der Waals surface area contributed by atoms with Gasteiger partial charge in [-0.05, 0) is 54.6 Å². The van der Waals surface area contributed by atoms with Crippen molar-refractivity contribution in [1.29, 1.82) is 0 Å². The van der Waals surface area contributed by atoms with Crippen LogP contribution >= 0.6 is 11.6 Å². The first kappa shape index (κ1) is 18.2. The van der Waals surface area contributed by atoms with Gasteiger partial charge in [-0.1, -0.05) is 17.7 Å². The van der Waals surface area contributed by atoms with Gasteiger partial charge >= 0.3 is 0 Å². The normalized spacial score (nSPS) is 10.1. The lowest BCUT2D eigenvalue weighted by Gasteiger charge is -2.09. The van der Waals surface area contributed by atoms with Gasteiger partial charge in [0.05, 0.1) is 6.26 Å². The molecule has 8 heteroatoms. The van der Waals surface area contributed by atoms with Gasteiger partial charge in [-0.15, -0.1) is 0 Å². The summed E-state index contributed by atoms with van der Waals surface area (Å²) >= 11 is 5.77. The quantitative estimate of drug-likeness (QED) is 0.602. The van der Waals surface area contributed by atoms with E-state index in [1.807, 2.05) is 0 Å². The van der Waals surface area contributed by atoms with Gasteiger partial charge in [0.15, 0.2) is 5.76 Å². The molecule has 0 aliphatic carbocycles. The van der Waals surface area contributed by atoms with Gasteiger partial charge in [-0.2, -0.15) is 0 Å². The van der Waals surface area contributed by atoms with Crippen LogP contribution in [0.25, 0.3) is 0 Å². The highest BCUT2D eigenvalue weighted by Gasteiger charge is 2.12. The second kappa shape index (κ2) is 8.20. The molecule has 0 unspecified atom stereocenters. The van der Waals surface area contributed by atoms with Crippen molar-refractivity contribution in [3.8, 4) is 0 Å². The van der Waals surface area contributed by atoms with Crippen LogP contribution in [0.2, 0.25) is 5.02 Å². The van der Waals surface area contributed by atoms with Crippen LogP contribution in [-0.4, -0.2) is 17.7 Å². The largest absolute Gasteiger partial charge is 0.459 e. The average molecular weight is 384 g/mol. The molecule has 0 aliphatic rings. The zero-order valence-electron chi connectivity index (χ0n) is 13.9. The molecule has 0 atom stereocenters. The Bertz CT molecular complexity index is 969. The summed E-state index contributed by atoms with van der Waals surface area (Å²) in [5.74, 6) is -1.30. The molecule has 0 aliphatic heterocycles. The van der Waals surface area contributed by atoms with E-state index in [4.69, 9.17) is 16.0 Å². The third-order valence-electron chi connectivity index (χ3n) is 3.52. The van der Waals surface area contributed by atoms with E-state index in [0.29, 0.717) is 16.3 Å². The van der Waals surface area contributed by atoms with E-state index in [1.54, 1.807) is 36.4 Å². The lowest BCUT2D eigenvalue weighted by atomic mass is 10.2. The molecular formula is C19H14ClN3O4. The Kier molecular flexibility index (Phi) is 5.53. The van der Waals surface area contributed by atoms with E-state index in [1.165, 1.54) is 30.5 Å². The fourth-order valence-electron chi connectivity index (χ4n) is 2.20. The average Bonchev–Trinajstić information content (AvgIpc) is 3.21. The number of halogens is 1. The van der Waals surface area contributed by atoms with Crippen molar-refractivity contribution in [2.24, 2.45) is 0 Å². The highest BCUT2D eigenvalue weighted by Crippen LogP contribution is 2.13. The Morgan fingerprint density at radius 3 is 2.15 bits per heavy atom. The number of carbonyl (C=O) groups excluding carboxylic acids is 3. The SMILES string of the molecule is O=C(NNC(=O)c1cccc(NC(=O)c2ccco2)c1)c1ccc(Cl)cc1. The summed E-state index contributed by atoms with van der Waals surface area (Å²) in [5, 5.41) is 3.13. The van der Waals surface area contributed by atoms with Gasteiger partial charge in [0.1, 0.15) is 0 Å². The number of rotatable bonds is 4. The Balaban J connectivity index is 1.60. The molecule has 27 heavy (non-hydrogen) atoms. The topological polar surface area (TPSA) is 100 Å². The maximum atomic E-state index is 12.2. The lowest BCUT2D eigenvalue weighted by Crippen LogP contribution is -2.41. The number of hydrogen-bond donors (Lipinski definition) is 3. The zero-order chi connectivity index (χ0) is 19.2. The Morgan fingerprint density at radius 2 is 1.48 bits per heavy atom.